The molecule has 0 heterocycles. The molecule has 0 aliphatic heterocycles. The van der Waals surface area contributed by atoms with Gasteiger partial charge in [-0.15, -0.1) is 0 Å². The van der Waals surface area contributed by atoms with E-state index in [4.69, 9.17) is 11.6 Å². The van der Waals surface area contributed by atoms with Crippen LogP contribution in [0.25, 0.3) is 0 Å². The Hall–Kier alpha value is -3.43. The molecular formula is C32H37ClFN3O4S. The lowest BCUT2D eigenvalue weighted by Crippen LogP contribution is -2.53. The fourth-order valence-corrected chi connectivity index (χ4v) is 6.91. The van der Waals surface area contributed by atoms with Gasteiger partial charge in [0.1, 0.15) is 18.4 Å². The van der Waals surface area contributed by atoms with Gasteiger partial charge in [0, 0.05) is 17.6 Å². The number of carbonyl (C=O) groups is 2. The molecule has 1 atom stereocenters. The highest BCUT2D eigenvalue weighted by atomic mass is 35.5. The largest absolute Gasteiger partial charge is 0.352 e. The maximum Gasteiger partial charge on any atom is 0.264 e. The first-order valence-electron chi connectivity index (χ1n) is 14.2. The minimum Gasteiger partial charge on any atom is -0.352 e. The lowest BCUT2D eigenvalue weighted by Gasteiger charge is -2.34. The van der Waals surface area contributed by atoms with Gasteiger partial charge in [-0.3, -0.25) is 13.9 Å². The highest BCUT2D eigenvalue weighted by molar-refractivity contribution is 7.92. The standard InChI is InChI=1S/C32H37ClFN3O4S/c1-4-29(32(39)35-27-7-5-6-8-27)36(20-24-12-15-26(34)16-13-24)31(38)21-37(30-19-25(33)14-11-23(30)3)42(40,41)28-17-9-22(2)10-18-28/h9-19,27,29H,4-8,20-21H2,1-3H3,(H,35,39)/t29-/m0/s1. The summed E-state index contributed by atoms with van der Waals surface area (Å²) < 4.78 is 42.8. The molecule has 1 fully saturated rings. The van der Waals surface area contributed by atoms with Crippen LogP contribution < -0.4 is 9.62 Å². The smallest absolute Gasteiger partial charge is 0.264 e. The van der Waals surface area contributed by atoms with Gasteiger partial charge in [0.05, 0.1) is 10.6 Å². The molecule has 0 spiro atoms. The average molecular weight is 614 g/mol. The van der Waals surface area contributed by atoms with Crippen LogP contribution in [-0.2, 0) is 26.2 Å². The Morgan fingerprint density at radius 2 is 1.64 bits per heavy atom. The van der Waals surface area contributed by atoms with Crippen LogP contribution in [0, 0.1) is 19.7 Å². The molecule has 3 aromatic carbocycles. The highest BCUT2D eigenvalue weighted by Crippen LogP contribution is 2.30. The Balaban J connectivity index is 1.74. The predicted molar refractivity (Wildman–Crippen MR) is 163 cm³/mol. The Morgan fingerprint density at radius 1 is 1.00 bits per heavy atom. The fraction of sp³-hybridized carbons (Fsp3) is 0.375. The lowest BCUT2D eigenvalue weighted by molar-refractivity contribution is -0.140. The molecule has 1 aliphatic rings. The van der Waals surface area contributed by atoms with E-state index in [-0.39, 0.29) is 29.1 Å². The Bertz CT molecular complexity index is 1510. The molecule has 224 valence electrons. The Kier molecular flexibility index (Phi) is 10.3. The number of nitrogens with one attached hydrogen (secondary N) is 1. The summed E-state index contributed by atoms with van der Waals surface area (Å²) in [5.74, 6) is -1.27. The number of aryl methyl sites for hydroxylation is 2. The average Bonchev–Trinajstić information content (AvgIpc) is 3.47. The van der Waals surface area contributed by atoms with Crippen LogP contribution in [0.2, 0.25) is 5.02 Å². The second-order valence-electron chi connectivity index (χ2n) is 10.8. The summed E-state index contributed by atoms with van der Waals surface area (Å²) in [6, 6.07) is 16.1. The van der Waals surface area contributed by atoms with Gasteiger partial charge in [-0.25, -0.2) is 12.8 Å². The zero-order valence-corrected chi connectivity index (χ0v) is 25.7. The van der Waals surface area contributed by atoms with Crippen molar-refractivity contribution in [1.82, 2.24) is 10.2 Å². The third kappa shape index (κ3) is 7.50. The molecule has 0 saturated heterocycles. The van der Waals surface area contributed by atoms with E-state index < -0.39 is 34.3 Å². The van der Waals surface area contributed by atoms with E-state index in [0.717, 1.165) is 35.6 Å². The molecule has 0 radical (unpaired) electrons. The van der Waals surface area contributed by atoms with Crippen molar-refractivity contribution >= 4 is 39.1 Å². The first-order chi connectivity index (χ1) is 20.0. The van der Waals surface area contributed by atoms with E-state index in [9.17, 15) is 22.4 Å². The van der Waals surface area contributed by atoms with Crippen LogP contribution in [0.5, 0.6) is 0 Å². The van der Waals surface area contributed by atoms with E-state index in [2.05, 4.69) is 5.32 Å². The molecule has 0 unspecified atom stereocenters. The van der Waals surface area contributed by atoms with Gasteiger partial charge < -0.3 is 10.2 Å². The SMILES string of the molecule is CC[C@@H](C(=O)NC1CCCC1)N(Cc1ccc(F)cc1)C(=O)CN(c1cc(Cl)ccc1C)S(=O)(=O)c1ccc(C)cc1. The molecule has 0 bridgehead atoms. The number of anilines is 1. The maximum atomic E-state index is 14.2. The van der Waals surface area contributed by atoms with E-state index in [1.807, 2.05) is 13.8 Å². The zero-order chi connectivity index (χ0) is 30.4. The van der Waals surface area contributed by atoms with E-state index in [1.54, 1.807) is 43.3 Å². The molecule has 42 heavy (non-hydrogen) atoms. The summed E-state index contributed by atoms with van der Waals surface area (Å²) >= 11 is 6.29. The molecule has 1 N–H and O–H groups in total. The maximum absolute atomic E-state index is 14.2. The van der Waals surface area contributed by atoms with Crippen molar-refractivity contribution in [3.05, 3.63) is 94.3 Å². The number of halogens is 2. The number of nitrogens with zero attached hydrogens (tertiary/aromatic N) is 2. The first-order valence-corrected chi connectivity index (χ1v) is 16.0. The third-order valence-corrected chi connectivity index (χ3v) is 9.69. The van der Waals surface area contributed by atoms with Crippen molar-refractivity contribution < 1.29 is 22.4 Å². The zero-order valence-electron chi connectivity index (χ0n) is 24.1. The summed E-state index contributed by atoms with van der Waals surface area (Å²) in [4.78, 5) is 29.1. The molecule has 0 aromatic heterocycles. The van der Waals surface area contributed by atoms with Gasteiger partial charge in [0.2, 0.25) is 11.8 Å². The van der Waals surface area contributed by atoms with E-state index >= 15 is 0 Å². The molecule has 10 heteroatoms. The van der Waals surface area contributed by atoms with Crippen molar-refractivity contribution in [1.29, 1.82) is 0 Å². The monoisotopic (exact) mass is 613 g/mol. The van der Waals surface area contributed by atoms with Crippen LogP contribution in [0.1, 0.15) is 55.7 Å². The summed E-state index contributed by atoms with van der Waals surface area (Å²) in [6.07, 6.45) is 4.14. The number of rotatable bonds is 11. The van der Waals surface area contributed by atoms with E-state index in [1.165, 1.54) is 35.2 Å². The fourth-order valence-electron chi connectivity index (χ4n) is 5.28. The molecular weight excluding hydrogens is 577 g/mol. The van der Waals surface area contributed by atoms with Crippen molar-refractivity contribution in [2.45, 2.75) is 76.4 Å². The lowest BCUT2D eigenvalue weighted by atomic mass is 10.1. The Labute approximate surface area is 252 Å². The van der Waals surface area contributed by atoms with Crippen molar-refractivity contribution in [3.8, 4) is 0 Å². The van der Waals surface area contributed by atoms with Gasteiger partial charge in [-0.05, 0) is 80.6 Å². The molecule has 7 nitrogen and oxygen atoms in total. The van der Waals surface area contributed by atoms with Crippen molar-refractivity contribution in [3.63, 3.8) is 0 Å². The number of hydrogen-bond donors (Lipinski definition) is 1. The minimum absolute atomic E-state index is 0.00263. The molecule has 3 aromatic rings. The summed E-state index contributed by atoms with van der Waals surface area (Å²) in [5, 5.41) is 3.40. The van der Waals surface area contributed by atoms with E-state index in [0.29, 0.717) is 22.6 Å². The number of carbonyl (C=O) groups excluding carboxylic acids is 2. The van der Waals surface area contributed by atoms with Crippen LogP contribution in [0.3, 0.4) is 0 Å². The van der Waals surface area contributed by atoms with Crippen LogP contribution >= 0.6 is 11.6 Å². The topological polar surface area (TPSA) is 86.8 Å². The van der Waals surface area contributed by atoms with Gasteiger partial charge in [-0.1, -0.05) is 67.3 Å². The Morgan fingerprint density at radius 3 is 2.26 bits per heavy atom. The van der Waals surface area contributed by atoms with Crippen LogP contribution in [0.4, 0.5) is 10.1 Å². The first kappa shape index (κ1) is 31.5. The second-order valence-corrected chi connectivity index (χ2v) is 13.1. The summed E-state index contributed by atoms with van der Waals surface area (Å²) in [5.41, 5.74) is 2.38. The summed E-state index contributed by atoms with van der Waals surface area (Å²) in [6.45, 7) is 4.85. The number of sulfonamides is 1. The minimum atomic E-state index is -4.21. The molecule has 1 saturated carbocycles. The molecule has 1 aliphatic carbocycles. The normalized spacial score (nSPS) is 14.4. The van der Waals surface area contributed by atoms with Gasteiger partial charge in [0.25, 0.3) is 10.0 Å². The van der Waals surface area contributed by atoms with Crippen molar-refractivity contribution in [2.24, 2.45) is 0 Å². The van der Waals surface area contributed by atoms with Crippen LogP contribution in [-0.4, -0.2) is 43.8 Å². The predicted octanol–water partition coefficient (Wildman–Crippen LogP) is 6.16. The quantitative estimate of drug-likeness (QED) is 0.281. The van der Waals surface area contributed by atoms with Gasteiger partial charge in [-0.2, -0.15) is 0 Å². The number of benzene rings is 3. The van der Waals surface area contributed by atoms with Gasteiger partial charge >= 0.3 is 0 Å². The second kappa shape index (κ2) is 13.7. The third-order valence-electron chi connectivity index (χ3n) is 7.68. The van der Waals surface area contributed by atoms with Crippen LogP contribution in [0.15, 0.2) is 71.6 Å². The highest BCUT2D eigenvalue weighted by Gasteiger charge is 2.35. The van der Waals surface area contributed by atoms with Gasteiger partial charge in [0.15, 0.2) is 0 Å². The number of hydrogen-bond acceptors (Lipinski definition) is 4. The molecule has 4 rings (SSSR count). The summed E-state index contributed by atoms with van der Waals surface area (Å²) in [7, 11) is -4.21. The molecule has 2 amide bonds. The van der Waals surface area contributed by atoms with Crippen molar-refractivity contribution in [2.75, 3.05) is 10.8 Å². The number of amides is 2.